The smallest absolute Gasteiger partial charge is 0.309 e. The van der Waals surface area contributed by atoms with Gasteiger partial charge in [0.1, 0.15) is 0 Å². The highest BCUT2D eigenvalue weighted by molar-refractivity contribution is 9.10. The van der Waals surface area contributed by atoms with Gasteiger partial charge in [0.25, 0.3) is 5.91 Å². The Morgan fingerprint density at radius 2 is 1.95 bits per heavy atom. The average Bonchev–Trinajstić information content (AvgIpc) is 3.58. The average molecular weight is 633 g/mol. The molecule has 210 valence electrons. The van der Waals surface area contributed by atoms with E-state index in [1.807, 2.05) is 46.1 Å². The molecule has 1 saturated carbocycles. The molecule has 1 amide bonds. The van der Waals surface area contributed by atoms with Crippen molar-refractivity contribution in [3.8, 4) is 27.5 Å². The third kappa shape index (κ3) is 4.61. The Balaban J connectivity index is 1.32. The van der Waals surface area contributed by atoms with E-state index in [0.717, 1.165) is 94.3 Å². The summed E-state index contributed by atoms with van der Waals surface area (Å²) in [6.45, 7) is 1.63. The van der Waals surface area contributed by atoms with Crippen LogP contribution in [0.1, 0.15) is 64.6 Å². The minimum absolute atomic E-state index is 0.0746. The number of pyridine rings is 1. The molecule has 0 radical (unpaired) electrons. The van der Waals surface area contributed by atoms with Crippen molar-refractivity contribution >= 4 is 39.1 Å². The van der Waals surface area contributed by atoms with Crippen LogP contribution in [0.4, 0.5) is 0 Å². The molecule has 1 saturated heterocycles. The van der Waals surface area contributed by atoms with Gasteiger partial charge in [-0.1, -0.05) is 0 Å². The molecule has 0 N–H and O–H groups in total. The number of benzene rings is 1. The number of nitrogens with zero attached hydrogens (tertiary/aromatic N) is 5. The summed E-state index contributed by atoms with van der Waals surface area (Å²) in [4.78, 5) is 38.0. The fourth-order valence-corrected chi connectivity index (χ4v) is 8.19. The van der Waals surface area contributed by atoms with Crippen molar-refractivity contribution in [2.75, 3.05) is 20.2 Å². The van der Waals surface area contributed by atoms with Gasteiger partial charge in [0.15, 0.2) is 0 Å². The minimum atomic E-state index is -0.151. The molecule has 7 rings (SSSR count). The highest BCUT2D eigenvalue weighted by Crippen LogP contribution is 2.49. The fourth-order valence-electron chi connectivity index (χ4n) is 6.28. The number of carbonyl (C=O) groups is 2. The molecule has 1 aromatic carbocycles. The van der Waals surface area contributed by atoms with E-state index in [1.165, 1.54) is 19.1 Å². The molecule has 10 heteroatoms. The first-order chi connectivity index (χ1) is 20.0. The summed E-state index contributed by atoms with van der Waals surface area (Å²) >= 11 is 5.45. The normalized spacial score (nSPS) is 19.7. The van der Waals surface area contributed by atoms with Gasteiger partial charge < -0.3 is 9.64 Å². The van der Waals surface area contributed by atoms with Crippen LogP contribution in [0.15, 0.2) is 47.2 Å². The number of halogens is 1. The Morgan fingerprint density at radius 1 is 1.10 bits per heavy atom. The third-order valence-electron chi connectivity index (χ3n) is 8.62. The van der Waals surface area contributed by atoms with Gasteiger partial charge in [0.2, 0.25) is 0 Å². The Kier molecular flexibility index (Phi) is 6.98. The van der Waals surface area contributed by atoms with Crippen LogP contribution >= 0.6 is 27.3 Å². The van der Waals surface area contributed by atoms with E-state index in [2.05, 4.69) is 20.9 Å². The lowest BCUT2D eigenvalue weighted by Crippen LogP contribution is -2.35. The number of hydrogen-bond acceptors (Lipinski definition) is 7. The van der Waals surface area contributed by atoms with E-state index in [1.54, 1.807) is 17.5 Å². The number of methoxy groups -OCH3 is 1. The number of aryl methyl sites for hydroxylation is 1. The predicted octanol–water partition coefficient (Wildman–Crippen LogP) is 6.21. The topological polar surface area (TPSA) is 90.2 Å². The maximum Gasteiger partial charge on any atom is 0.309 e. The second-order valence-corrected chi connectivity index (χ2v) is 12.9. The zero-order chi connectivity index (χ0) is 28.1. The highest BCUT2D eigenvalue weighted by Gasteiger charge is 2.41. The van der Waals surface area contributed by atoms with E-state index in [4.69, 9.17) is 14.8 Å². The van der Waals surface area contributed by atoms with Gasteiger partial charge in [0, 0.05) is 52.6 Å². The molecule has 3 aromatic heterocycles. The minimum Gasteiger partial charge on any atom is -0.469 e. The van der Waals surface area contributed by atoms with Crippen LogP contribution < -0.4 is 0 Å². The van der Waals surface area contributed by atoms with Crippen molar-refractivity contribution in [2.24, 2.45) is 5.92 Å². The van der Waals surface area contributed by atoms with Gasteiger partial charge in [-0.3, -0.25) is 14.6 Å². The summed E-state index contributed by atoms with van der Waals surface area (Å²) in [5.41, 5.74) is 6.66. The summed E-state index contributed by atoms with van der Waals surface area (Å²) in [5, 5.41) is 6.16. The van der Waals surface area contributed by atoms with Crippen LogP contribution in [0.5, 0.6) is 0 Å². The number of amides is 1. The lowest BCUT2D eigenvalue weighted by atomic mass is 9.74. The largest absolute Gasteiger partial charge is 0.469 e. The monoisotopic (exact) mass is 631 g/mol. The molecule has 41 heavy (non-hydrogen) atoms. The number of fused-ring (bicyclic) bond motifs is 3. The summed E-state index contributed by atoms with van der Waals surface area (Å²) in [7, 11) is 1.46. The number of hydrogen-bond donors (Lipinski definition) is 0. The fraction of sp³-hybridized carbons (Fsp3) is 0.387. The molecule has 4 aromatic rings. The predicted molar refractivity (Wildman–Crippen MR) is 160 cm³/mol. The number of piperidine rings is 1. The summed E-state index contributed by atoms with van der Waals surface area (Å²) < 4.78 is 7.86. The quantitative estimate of drug-likeness (QED) is 0.243. The van der Waals surface area contributed by atoms with Crippen molar-refractivity contribution in [1.29, 1.82) is 0 Å². The molecule has 8 nitrogen and oxygen atoms in total. The zero-order valence-corrected chi connectivity index (χ0v) is 25.2. The van der Waals surface area contributed by atoms with Gasteiger partial charge in [-0.05, 0) is 91.2 Å². The van der Waals surface area contributed by atoms with Gasteiger partial charge in [-0.2, -0.15) is 5.10 Å². The van der Waals surface area contributed by atoms with Crippen molar-refractivity contribution in [1.82, 2.24) is 24.6 Å². The van der Waals surface area contributed by atoms with Crippen LogP contribution in [0.2, 0.25) is 0 Å². The molecule has 3 aliphatic rings. The number of rotatable bonds is 5. The number of aromatic nitrogens is 4. The number of esters is 1. The lowest BCUT2D eigenvalue weighted by molar-refractivity contribution is -0.149. The zero-order valence-electron chi connectivity index (χ0n) is 22.8. The van der Waals surface area contributed by atoms with E-state index in [0.29, 0.717) is 5.56 Å². The second-order valence-electron chi connectivity index (χ2n) is 11.0. The number of likely N-dealkylation sites (tertiary alicyclic amines) is 1. The first-order valence-electron chi connectivity index (χ1n) is 14.2. The van der Waals surface area contributed by atoms with Crippen molar-refractivity contribution in [3.63, 3.8) is 0 Å². The molecule has 2 unspecified atom stereocenters. The highest BCUT2D eigenvalue weighted by atomic mass is 79.9. The molecule has 2 atom stereocenters. The molecular formula is C31H30BrN5O3S. The SMILES string of the molecule is COC(=O)C1CCC1c1nc2c(s1)-c1c(c(-c3cccnc3)nn1-c1ccc(C(=O)N3CCCCC3)cc1Br)CC2. The maximum atomic E-state index is 13.2. The molecule has 2 aliphatic carbocycles. The van der Waals surface area contributed by atoms with Gasteiger partial charge in [0.05, 0.1) is 45.7 Å². The Morgan fingerprint density at radius 3 is 2.66 bits per heavy atom. The standard InChI is InChI=1S/C31H30BrN5O3S/c1-40-31(39)21-9-8-20(21)29-34-24-11-10-22-26(19-6-5-13-33-17-19)35-37(27(22)28(24)41-29)25-12-7-18(16-23(25)32)30(38)36-14-3-2-4-15-36/h5-7,12-13,16-17,20-21H,2-4,8-11,14-15H2,1H3. The Hall–Kier alpha value is -3.37. The summed E-state index contributed by atoms with van der Waals surface area (Å²) in [6, 6.07) is 9.78. The van der Waals surface area contributed by atoms with Crippen molar-refractivity contribution in [3.05, 3.63) is 69.0 Å². The molecule has 2 fully saturated rings. The van der Waals surface area contributed by atoms with E-state index in [-0.39, 0.29) is 23.7 Å². The third-order valence-corrected chi connectivity index (χ3v) is 10.5. The second kappa shape index (κ2) is 10.8. The molecule has 0 spiro atoms. The van der Waals surface area contributed by atoms with Crippen molar-refractivity contribution in [2.45, 2.75) is 50.9 Å². The number of carbonyl (C=O) groups excluding carboxylic acids is 2. The maximum absolute atomic E-state index is 13.2. The first-order valence-corrected chi connectivity index (χ1v) is 15.8. The van der Waals surface area contributed by atoms with Crippen LogP contribution in [0.3, 0.4) is 0 Å². The van der Waals surface area contributed by atoms with Gasteiger partial charge >= 0.3 is 5.97 Å². The van der Waals surface area contributed by atoms with Crippen LogP contribution in [0.25, 0.3) is 27.5 Å². The van der Waals surface area contributed by atoms with E-state index in [9.17, 15) is 9.59 Å². The number of ether oxygens (including phenoxy) is 1. The molecule has 4 heterocycles. The van der Waals surface area contributed by atoms with Crippen LogP contribution in [0, 0.1) is 5.92 Å². The Labute approximate surface area is 250 Å². The van der Waals surface area contributed by atoms with E-state index < -0.39 is 0 Å². The van der Waals surface area contributed by atoms with E-state index >= 15 is 0 Å². The van der Waals surface area contributed by atoms with Gasteiger partial charge in [-0.15, -0.1) is 11.3 Å². The lowest BCUT2D eigenvalue weighted by Gasteiger charge is -2.32. The molecule has 1 aliphatic heterocycles. The molecule has 0 bridgehead atoms. The molecular weight excluding hydrogens is 602 g/mol. The first kappa shape index (κ1) is 26.5. The van der Waals surface area contributed by atoms with Gasteiger partial charge in [-0.25, -0.2) is 9.67 Å². The van der Waals surface area contributed by atoms with Crippen molar-refractivity contribution < 1.29 is 14.3 Å². The summed E-state index contributed by atoms with van der Waals surface area (Å²) in [5.74, 6) is -0.0998. The summed E-state index contributed by atoms with van der Waals surface area (Å²) in [6.07, 6.45) is 10.3. The number of thiazole rings is 1. The van der Waals surface area contributed by atoms with Crippen LogP contribution in [-0.2, 0) is 22.4 Å². The Bertz CT molecular complexity index is 1640. The van der Waals surface area contributed by atoms with Crippen LogP contribution in [-0.4, -0.2) is 56.7 Å².